The van der Waals surface area contributed by atoms with Gasteiger partial charge in [0.15, 0.2) is 0 Å². The van der Waals surface area contributed by atoms with E-state index in [4.69, 9.17) is 9.47 Å². The van der Waals surface area contributed by atoms with Crippen molar-refractivity contribution >= 4 is 0 Å². The van der Waals surface area contributed by atoms with Crippen LogP contribution < -0.4 is 10.1 Å². The highest BCUT2D eigenvalue weighted by atomic mass is 16.5. The van der Waals surface area contributed by atoms with Crippen LogP contribution in [0, 0.1) is 0 Å². The Balaban J connectivity index is 2.06. The van der Waals surface area contributed by atoms with Gasteiger partial charge in [0.2, 0.25) is 0 Å². The largest absolute Gasteiger partial charge is 0.491 e. The number of quaternary nitrogens is 1. The van der Waals surface area contributed by atoms with E-state index in [1.165, 1.54) is 5.56 Å². The predicted octanol–water partition coefficient (Wildman–Crippen LogP) is 0.977. The van der Waals surface area contributed by atoms with Crippen molar-refractivity contribution in [2.75, 3.05) is 26.4 Å². The second kappa shape index (κ2) is 9.75. The fraction of sp³-hybridized carbons (Fsp3) is 0.625. The van der Waals surface area contributed by atoms with Crippen LogP contribution in [0.5, 0.6) is 5.75 Å². The molecule has 0 amide bonds. The molecule has 0 saturated heterocycles. The summed E-state index contributed by atoms with van der Waals surface area (Å²) < 4.78 is 11.0. The zero-order chi connectivity index (χ0) is 14.8. The van der Waals surface area contributed by atoms with Crippen LogP contribution in [0.1, 0.15) is 26.3 Å². The number of aliphatic hydroxyl groups excluding tert-OH is 1. The first kappa shape index (κ1) is 17.0. The van der Waals surface area contributed by atoms with Gasteiger partial charge in [-0.15, -0.1) is 0 Å². The monoisotopic (exact) mass is 282 g/mol. The maximum atomic E-state index is 9.68. The molecule has 0 aliphatic rings. The van der Waals surface area contributed by atoms with E-state index in [0.717, 1.165) is 12.2 Å². The summed E-state index contributed by atoms with van der Waals surface area (Å²) in [5.74, 6) is 0.861. The zero-order valence-corrected chi connectivity index (χ0v) is 12.8. The van der Waals surface area contributed by atoms with Gasteiger partial charge in [-0.1, -0.05) is 19.1 Å². The molecule has 1 aromatic carbocycles. The Bertz CT molecular complexity index is 351. The minimum atomic E-state index is -0.416. The van der Waals surface area contributed by atoms with Gasteiger partial charge < -0.3 is 19.9 Å². The summed E-state index contributed by atoms with van der Waals surface area (Å²) in [6.45, 7) is 8.38. The van der Waals surface area contributed by atoms with Crippen LogP contribution >= 0.6 is 0 Å². The number of nitrogens with two attached hydrogens (primary N) is 1. The fourth-order valence-corrected chi connectivity index (χ4v) is 1.76. The van der Waals surface area contributed by atoms with E-state index in [2.05, 4.69) is 38.2 Å². The quantitative estimate of drug-likeness (QED) is 0.629. The average Bonchev–Trinajstić information content (AvgIpc) is 2.45. The summed E-state index contributed by atoms with van der Waals surface area (Å²) in [7, 11) is 0. The van der Waals surface area contributed by atoms with Gasteiger partial charge in [-0.05, 0) is 38.0 Å². The molecule has 0 heterocycles. The molecule has 0 aliphatic carbocycles. The fourth-order valence-electron chi connectivity index (χ4n) is 1.76. The second-order valence-electron chi connectivity index (χ2n) is 5.29. The van der Waals surface area contributed by atoms with Gasteiger partial charge >= 0.3 is 0 Å². The Morgan fingerprint density at radius 3 is 2.45 bits per heavy atom. The molecule has 0 aromatic heterocycles. The van der Waals surface area contributed by atoms with E-state index >= 15 is 0 Å². The third-order valence-electron chi connectivity index (χ3n) is 3.02. The van der Waals surface area contributed by atoms with Gasteiger partial charge in [-0.25, -0.2) is 0 Å². The van der Waals surface area contributed by atoms with Crippen LogP contribution in [0.4, 0.5) is 0 Å². The molecule has 1 atom stereocenters. The number of ether oxygens (including phenoxy) is 2. The molecule has 3 N–H and O–H groups in total. The summed E-state index contributed by atoms with van der Waals surface area (Å²) in [5, 5.41) is 11.8. The molecular weight excluding hydrogens is 254 g/mol. The molecule has 1 aromatic rings. The van der Waals surface area contributed by atoms with E-state index in [1.807, 2.05) is 12.1 Å². The van der Waals surface area contributed by atoms with Crippen LogP contribution in [-0.2, 0) is 11.2 Å². The Labute approximate surface area is 122 Å². The summed E-state index contributed by atoms with van der Waals surface area (Å²) >= 11 is 0. The van der Waals surface area contributed by atoms with Crippen molar-refractivity contribution in [2.24, 2.45) is 0 Å². The summed E-state index contributed by atoms with van der Waals surface area (Å²) in [6.07, 6.45) is 0.621. The molecule has 0 unspecified atom stereocenters. The lowest BCUT2D eigenvalue weighted by molar-refractivity contribution is -0.688. The predicted molar refractivity (Wildman–Crippen MR) is 80.1 cm³/mol. The molecular formula is C16H28NO3+. The number of rotatable bonds is 10. The normalized spacial score (nSPS) is 12.7. The topological polar surface area (TPSA) is 55.3 Å². The highest BCUT2D eigenvalue weighted by Crippen LogP contribution is 2.12. The van der Waals surface area contributed by atoms with E-state index < -0.39 is 6.10 Å². The number of benzene rings is 1. The molecule has 4 nitrogen and oxygen atoms in total. The van der Waals surface area contributed by atoms with E-state index in [-0.39, 0.29) is 0 Å². The summed E-state index contributed by atoms with van der Waals surface area (Å²) in [4.78, 5) is 0. The minimum Gasteiger partial charge on any atom is -0.491 e. The lowest BCUT2D eigenvalue weighted by atomic mass is 10.2. The molecule has 4 heteroatoms. The maximum Gasteiger partial charge on any atom is 0.126 e. The lowest BCUT2D eigenvalue weighted by Gasteiger charge is -2.12. The van der Waals surface area contributed by atoms with Gasteiger partial charge in [-0.3, -0.25) is 0 Å². The summed E-state index contributed by atoms with van der Waals surface area (Å²) in [5.41, 5.74) is 1.30. The number of aliphatic hydroxyl groups is 1. The molecule has 0 aliphatic heterocycles. The average molecular weight is 282 g/mol. The van der Waals surface area contributed by atoms with Crippen LogP contribution in [0.25, 0.3) is 0 Å². The van der Waals surface area contributed by atoms with Crippen molar-refractivity contribution in [2.45, 2.75) is 39.3 Å². The number of aryl methyl sites for hydroxylation is 1. The van der Waals surface area contributed by atoms with Crippen molar-refractivity contribution in [1.82, 2.24) is 0 Å². The molecule has 114 valence electrons. The van der Waals surface area contributed by atoms with Crippen molar-refractivity contribution < 1.29 is 19.9 Å². The first-order valence-electron chi connectivity index (χ1n) is 7.42. The Morgan fingerprint density at radius 2 is 1.85 bits per heavy atom. The molecule has 0 saturated carbocycles. The summed E-state index contributed by atoms with van der Waals surface area (Å²) in [6, 6.07) is 8.60. The van der Waals surface area contributed by atoms with Gasteiger partial charge in [0.05, 0.1) is 19.3 Å². The molecule has 0 radical (unpaired) electrons. The van der Waals surface area contributed by atoms with E-state index in [0.29, 0.717) is 32.4 Å². The van der Waals surface area contributed by atoms with Crippen molar-refractivity contribution in [3.8, 4) is 5.75 Å². The lowest BCUT2D eigenvalue weighted by Crippen LogP contribution is -2.90. The molecule has 0 fully saturated rings. The van der Waals surface area contributed by atoms with Crippen LogP contribution in [0.15, 0.2) is 24.3 Å². The Hall–Kier alpha value is -1.10. The van der Waals surface area contributed by atoms with E-state index in [9.17, 15) is 5.11 Å². The second-order valence-corrected chi connectivity index (χ2v) is 5.29. The molecule has 0 spiro atoms. The maximum absolute atomic E-state index is 9.68. The van der Waals surface area contributed by atoms with E-state index in [1.54, 1.807) is 0 Å². The molecule has 20 heavy (non-hydrogen) atoms. The standard InChI is InChI=1S/C16H27NO3/c1-4-14-5-7-16(8-6-14)20-10-9-19-12-15(18)11-17-13(2)3/h5-8,13,15,17-18H,4,9-12H2,1-3H3/p+1/t15-/m0/s1. The van der Waals surface area contributed by atoms with Gasteiger partial charge in [0.1, 0.15) is 25.0 Å². The van der Waals surface area contributed by atoms with Crippen molar-refractivity contribution in [1.29, 1.82) is 0 Å². The first-order valence-corrected chi connectivity index (χ1v) is 7.42. The van der Waals surface area contributed by atoms with Crippen molar-refractivity contribution in [3.05, 3.63) is 29.8 Å². The third kappa shape index (κ3) is 7.48. The molecule has 1 rings (SSSR count). The Morgan fingerprint density at radius 1 is 1.15 bits per heavy atom. The minimum absolute atomic E-state index is 0.362. The smallest absolute Gasteiger partial charge is 0.126 e. The number of hydrogen-bond acceptors (Lipinski definition) is 3. The highest BCUT2D eigenvalue weighted by molar-refractivity contribution is 5.27. The van der Waals surface area contributed by atoms with Crippen LogP contribution in [-0.4, -0.2) is 43.6 Å². The van der Waals surface area contributed by atoms with Gasteiger partial charge in [0.25, 0.3) is 0 Å². The van der Waals surface area contributed by atoms with Gasteiger partial charge in [-0.2, -0.15) is 0 Å². The van der Waals surface area contributed by atoms with Crippen LogP contribution in [0.3, 0.4) is 0 Å². The SMILES string of the molecule is CCc1ccc(OCCOC[C@@H](O)C[NH2+]C(C)C)cc1. The van der Waals surface area contributed by atoms with Gasteiger partial charge in [0, 0.05) is 0 Å². The van der Waals surface area contributed by atoms with Crippen molar-refractivity contribution in [3.63, 3.8) is 0 Å². The number of hydrogen-bond donors (Lipinski definition) is 2. The van der Waals surface area contributed by atoms with Crippen LogP contribution in [0.2, 0.25) is 0 Å². The highest BCUT2D eigenvalue weighted by Gasteiger charge is 2.07. The first-order chi connectivity index (χ1) is 9.61. The third-order valence-corrected chi connectivity index (χ3v) is 3.02. The zero-order valence-electron chi connectivity index (χ0n) is 12.8. The Kier molecular flexibility index (Phi) is 8.26. The molecule has 0 bridgehead atoms.